The molecule has 3 aromatic rings. The lowest BCUT2D eigenvalue weighted by Crippen LogP contribution is -2.39. The highest BCUT2D eigenvalue weighted by atomic mass is 16.5. The van der Waals surface area contributed by atoms with E-state index in [9.17, 15) is 0 Å². The summed E-state index contributed by atoms with van der Waals surface area (Å²) < 4.78 is 6.13. The Bertz CT molecular complexity index is 791. The van der Waals surface area contributed by atoms with Gasteiger partial charge < -0.3 is 14.5 Å². The maximum Gasteiger partial charge on any atom is 0.119 e. The van der Waals surface area contributed by atoms with Crippen molar-refractivity contribution in [3.8, 4) is 5.75 Å². The third-order valence-corrected chi connectivity index (χ3v) is 5.57. The van der Waals surface area contributed by atoms with Crippen molar-refractivity contribution in [2.45, 2.75) is 25.4 Å². The molecule has 0 aliphatic carbocycles. The fourth-order valence-electron chi connectivity index (χ4n) is 4.02. The summed E-state index contributed by atoms with van der Waals surface area (Å²) in [6.07, 6.45) is 3.71. The molecule has 3 heteroatoms. The first-order chi connectivity index (χ1) is 14.4. The van der Waals surface area contributed by atoms with Crippen molar-refractivity contribution >= 4 is 11.4 Å². The third kappa shape index (κ3) is 5.61. The van der Waals surface area contributed by atoms with Crippen LogP contribution in [0.4, 0.5) is 11.4 Å². The van der Waals surface area contributed by atoms with E-state index in [4.69, 9.17) is 4.74 Å². The van der Waals surface area contributed by atoms with Crippen molar-refractivity contribution in [2.24, 2.45) is 0 Å². The molecule has 0 bridgehead atoms. The van der Waals surface area contributed by atoms with Crippen molar-refractivity contribution in [3.05, 3.63) is 91.0 Å². The normalized spacial score (nSPS) is 15.2. The van der Waals surface area contributed by atoms with Crippen molar-refractivity contribution in [2.75, 3.05) is 31.1 Å². The summed E-state index contributed by atoms with van der Waals surface area (Å²) in [6, 6.07) is 31.6. The highest BCUT2D eigenvalue weighted by molar-refractivity contribution is 5.62. The lowest BCUT2D eigenvalue weighted by atomic mass is 10.1. The van der Waals surface area contributed by atoms with Crippen LogP contribution in [0.2, 0.25) is 0 Å². The van der Waals surface area contributed by atoms with E-state index in [0.29, 0.717) is 6.10 Å². The zero-order valence-corrected chi connectivity index (χ0v) is 17.0. The largest absolute Gasteiger partial charge is 0.490 e. The molecule has 3 nitrogen and oxygen atoms in total. The van der Waals surface area contributed by atoms with Gasteiger partial charge >= 0.3 is 0 Å². The van der Waals surface area contributed by atoms with Gasteiger partial charge in [0.2, 0.25) is 0 Å². The molecule has 0 unspecified atom stereocenters. The molecule has 150 valence electrons. The van der Waals surface area contributed by atoms with Crippen LogP contribution in [0.3, 0.4) is 0 Å². The van der Waals surface area contributed by atoms with Gasteiger partial charge in [-0.2, -0.15) is 0 Å². The predicted molar refractivity (Wildman–Crippen MR) is 121 cm³/mol. The molecule has 29 heavy (non-hydrogen) atoms. The van der Waals surface area contributed by atoms with E-state index in [-0.39, 0.29) is 0 Å². The molecule has 1 saturated heterocycles. The quantitative estimate of drug-likeness (QED) is 0.490. The van der Waals surface area contributed by atoms with Crippen LogP contribution >= 0.6 is 0 Å². The lowest BCUT2D eigenvalue weighted by molar-refractivity contribution is 0.100. The van der Waals surface area contributed by atoms with Crippen LogP contribution in [-0.2, 0) is 0 Å². The SMILES string of the molecule is c1ccc(OC2CCN(CCCN(c3ccccc3)c3ccccc3)CC2)cc1. The molecule has 0 aromatic heterocycles. The monoisotopic (exact) mass is 386 g/mol. The Kier molecular flexibility index (Phi) is 6.82. The van der Waals surface area contributed by atoms with Crippen molar-refractivity contribution < 1.29 is 4.74 Å². The number of hydrogen-bond acceptors (Lipinski definition) is 3. The molecule has 0 amide bonds. The first-order valence-corrected chi connectivity index (χ1v) is 10.7. The van der Waals surface area contributed by atoms with Crippen LogP contribution in [0.5, 0.6) is 5.75 Å². The van der Waals surface area contributed by atoms with E-state index < -0.39 is 0 Å². The molecule has 1 aliphatic heterocycles. The summed E-state index contributed by atoms with van der Waals surface area (Å²) in [5, 5.41) is 0. The third-order valence-electron chi connectivity index (χ3n) is 5.57. The van der Waals surface area contributed by atoms with Gasteiger partial charge in [0, 0.05) is 31.0 Å². The number of anilines is 2. The van der Waals surface area contributed by atoms with Crippen LogP contribution < -0.4 is 9.64 Å². The van der Waals surface area contributed by atoms with Gasteiger partial charge in [0.1, 0.15) is 11.9 Å². The molecule has 0 atom stereocenters. The van der Waals surface area contributed by atoms with E-state index in [1.807, 2.05) is 30.3 Å². The summed E-state index contributed by atoms with van der Waals surface area (Å²) in [6.45, 7) is 4.39. The number of para-hydroxylation sites is 3. The fourth-order valence-corrected chi connectivity index (χ4v) is 4.02. The van der Waals surface area contributed by atoms with Crippen molar-refractivity contribution in [1.29, 1.82) is 0 Å². The highest BCUT2D eigenvalue weighted by Crippen LogP contribution is 2.25. The van der Waals surface area contributed by atoms with E-state index >= 15 is 0 Å². The minimum Gasteiger partial charge on any atom is -0.490 e. The molecule has 0 saturated carbocycles. The second kappa shape index (κ2) is 10.1. The molecular formula is C26H30N2O. The predicted octanol–water partition coefficient (Wildman–Crippen LogP) is 5.76. The molecule has 1 fully saturated rings. The van der Waals surface area contributed by atoms with Gasteiger partial charge in [-0.3, -0.25) is 0 Å². The van der Waals surface area contributed by atoms with E-state index in [0.717, 1.165) is 51.2 Å². The standard InChI is InChI=1S/C26H30N2O/c1-4-11-23(12-5-1)28(24-13-6-2-7-14-24)20-10-19-27-21-17-26(18-22-27)29-25-15-8-3-9-16-25/h1-9,11-16,26H,10,17-22H2. The molecular weight excluding hydrogens is 356 g/mol. The summed E-state index contributed by atoms with van der Waals surface area (Å²) in [5.41, 5.74) is 2.52. The summed E-state index contributed by atoms with van der Waals surface area (Å²) in [4.78, 5) is 5.00. The Morgan fingerprint density at radius 2 is 1.24 bits per heavy atom. The number of nitrogens with zero attached hydrogens (tertiary/aromatic N) is 2. The maximum absolute atomic E-state index is 6.13. The second-order valence-corrected chi connectivity index (χ2v) is 7.65. The highest BCUT2D eigenvalue weighted by Gasteiger charge is 2.20. The number of ether oxygens (including phenoxy) is 1. The Balaban J connectivity index is 1.26. The van der Waals surface area contributed by atoms with Crippen LogP contribution in [0, 0.1) is 0 Å². The number of piperidine rings is 1. The Morgan fingerprint density at radius 3 is 1.79 bits per heavy atom. The molecule has 0 N–H and O–H groups in total. The van der Waals surface area contributed by atoms with Crippen LogP contribution in [-0.4, -0.2) is 37.2 Å². The second-order valence-electron chi connectivity index (χ2n) is 7.65. The van der Waals surface area contributed by atoms with Gasteiger partial charge in [0.25, 0.3) is 0 Å². The first-order valence-electron chi connectivity index (χ1n) is 10.7. The topological polar surface area (TPSA) is 15.7 Å². The molecule has 3 aromatic carbocycles. The minimum atomic E-state index is 0.346. The molecule has 0 spiro atoms. The van der Waals surface area contributed by atoms with Crippen molar-refractivity contribution in [3.63, 3.8) is 0 Å². The van der Waals surface area contributed by atoms with Gasteiger partial charge in [-0.05, 0) is 62.2 Å². The van der Waals surface area contributed by atoms with Gasteiger partial charge in [-0.15, -0.1) is 0 Å². The summed E-state index contributed by atoms with van der Waals surface area (Å²) in [7, 11) is 0. The average molecular weight is 387 g/mol. The van der Waals surface area contributed by atoms with Crippen LogP contribution in [0.15, 0.2) is 91.0 Å². The van der Waals surface area contributed by atoms with Crippen molar-refractivity contribution in [1.82, 2.24) is 4.90 Å². The zero-order valence-electron chi connectivity index (χ0n) is 17.0. The number of likely N-dealkylation sites (tertiary alicyclic amines) is 1. The van der Waals surface area contributed by atoms with E-state index in [1.54, 1.807) is 0 Å². The lowest BCUT2D eigenvalue weighted by Gasteiger charge is -2.33. The zero-order chi connectivity index (χ0) is 19.7. The van der Waals surface area contributed by atoms with Crippen LogP contribution in [0.1, 0.15) is 19.3 Å². The first kappa shape index (κ1) is 19.5. The van der Waals surface area contributed by atoms with Crippen LogP contribution in [0.25, 0.3) is 0 Å². The van der Waals surface area contributed by atoms with Gasteiger partial charge in [-0.25, -0.2) is 0 Å². The number of hydrogen-bond donors (Lipinski definition) is 0. The molecule has 4 rings (SSSR count). The Hall–Kier alpha value is -2.78. The Morgan fingerprint density at radius 1 is 0.724 bits per heavy atom. The Labute approximate surface area is 174 Å². The molecule has 1 heterocycles. The summed E-state index contributed by atoms with van der Waals surface area (Å²) in [5.74, 6) is 0.993. The minimum absolute atomic E-state index is 0.346. The number of rotatable bonds is 8. The summed E-state index contributed by atoms with van der Waals surface area (Å²) >= 11 is 0. The van der Waals surface area contributed by atoms with E-state index in [2.05, 4.69) is 70.5 Å². The maximum atomic E-state index is 6.13. The number of benzene rings is 3. The average Bonchev–Trinajstić information content (AvgIpc) is 2.80. The molecule has 0 radical (unpaired) electrons. The smallest absolute Gasteiger partial charge is 0.119 e. The van der Waals surface area contributed by atoms with Gasteiger partial charge in [0.05, 0.1) is 0 Å². The van der Waals surface area contributed by atoms with Gasteiger partial charge in [0.15, 0.2) is 0 Å². The van der Waals surface area contributed by atoms with E-state index in [1.165, 1.54) is 11.4 Å². The van der Waals surface area contributed by atoms with Gasteiger partial charge in [-0.1, -0.05) is 54.6 Å². The molecule has 1 aliphatic rings. The fraction of sp³-hybridized carbons (Fsp3) is 0.308.